The van der Waals surface area contributed by atoms with Crippen LogP contribution in [-0.2, 0) is 0 Å². The molecule has 3 heteroatoms. The van der Waals surface area contributed by atoms with Gasteiger partial charge in [-0.3, -0.25) is 0 Å². The van der Waals surface area contributed by atoms with Gasteiger partial charge < -0.3 is 15.0 Å². The Morgan fingerprint density at radius 3 is 2.81 bits per heavy atom. The lowest BCUT2D eigenvalue weighted by Gasteiger charge is -2.22. The van der Waals surface area contributed by atoms with E-state index in [2.05, 4.69) is 55.4 Å². The molecule has 0 amide bonds. The van der Waals surface area contributed by atoms with Gasteiger partial charge in [0.05, 0.1) is 6.61 Å². The van der Waals surface area contributed by atoms with Crippen LogP contribution in [0.25, 0.3) is 0 Å². The number of para-hydroxylation sites is 1. The standard InChI is InChI=1S/C18H30N2O/c1-4-17(19-5-2)16-10-6-7-11-18(16)21-14-12-15-9-8-13-20(15)3/h6-7,10-11,15,17,19H,4-5,8-9,12-14H2,1-3H3. The molecule has 3 nitrogen and oxygen atoms in total. The average Bonchev–Trinajstić information content (AvgIpc) is 2.91. The van der Waals surface area contributed by atoms with Gasteiger partial charge in [-0.15, -0.1) is 0 Å². The van der Waals surface area contributed by atoms with Crippen LogP contribution in [0.3, 0.4) is 0 Å². The number of nitrogens with one attached hydrogen (secondary N) is 1. The third-order valence-electron chi connectivity index (χ3n) is 4.53. The molecular formula is C18H30N2O. The van der Waals surface area contributed by atoms with Crippen molar-refractivity contribution >= 4 is 0 Å². The molecule has 0 aliphatic carbocycles. The van der Waals surface area contributed by atoms with Crippen molar-refractivity contribution in [1.29, 1.82) is 0 Å². The minimum Gasteiger partial charge on any atom is -0.493 e. The fraction of sp³-hybridized carbons (Fsp3) is 0.667. The highest BCUT2D eigenvalue weighted by Crippen LogP contribution is 2.27. The SMILES string of the molecule is CCNC(CC)c1ccccc1OCCC1CCCN1C. The van der Waals surface area contributed by atoms with Gasteiger partial charge in [-0.05, 0) is 51.9 Å². The summed E-state index contributed by atoms with van der Waals surface area (Å²) in [4.78, 5) is 2.46. The number of hydrogen-bond donors (Lipinski definition) is 1. The van der Waals surface area contributed by atoms with Gasteiger partial charge in [0.25, 0.3) is 0 Å². The van der Waals surface area contributed by atoms with Crippen LogP contribution in [0.2, 0.25) is 0 Å². The van der Waals surface area contributed by atoms with E-state index in [1.165, 1.54) is 24.9 Å². The van der Waals surface area contributed by atoms with Gasteiger partial charge >= 0.3 is 0 Å². The van der Waals surface area contributed by atoms with Crippen LogP contribution in [0.1, 0.15) is 51.1 Å². The van der Waals surface area contributed by atoms with Crippen LogP contribution < -0.4 is 10.1 Å². The van der Waals surface area contributed by atoms with E-state index in [1.807, 2.05) is 0 Å². The molecule has 2 rings (SSSR count). The highest BCUT2D eigenvalue weighted by atomic mass is 16.5. The van der Waals surface area contributed by atoms with Crippen LogP contribution in [0.15, 0.2) is 24.3 Å². The Morgan fingerprint density at radius 1 is 1.33 bits per heavy atom. The van der Waals surface area contributed by atoms with Crippen LogP contribution in [0.5, 0.6) is 5.75 Å². The van der Waals surface area contributed by atoms with E-state index in [4.69, 9.17) is 4.74 Å². The van der Waals surface area contributed by atoms with Crippen molar-refractivity contribution in [1.82, 2.24) is 10.2 Å². The van der Waals surface area contributed by atoms with E-state index in [1.54, 1.807) is 0 Å². The first-order valence-corrected chi connectivity index (χ1v) is 8.41. The highest BCUT2D eigenvalue weighted by Gasteiger charge is 2.20. The van der Waals surface area contributed by atoms with Gasteiger partial charge in [-0.2, -0.15) is 0 Å². The Hall–Kier alpha value is -1.06. The normalized spacial score (nSPS) is 20.6. The summed E-state index contributed by atoms with van der Waals surface area (Å²) in [5, 5.41) is 3.54. The van der Waals surface area contributed by atoms with Gasteiger partial charge in [0.1, 0.15) is 5.75 Å². The van der Waals surface area contributed by atoms with Gasteiger partial charge in [-0.1, -0.05) is 32.0 Å². The molecule has 0 bridgehead atoms. The Bertz CT molecular complexity index is 421. The summed E-state index contributed by atoms with van der Waals surface area (Å²) in [6, 6.07) is 9.56. The summed E-state index contributed by atoms with van der Waals surface area (Å²) >= 11 is 0. The number of hydrogen-bond acceptors (Lipinski definition) is 3. The number of likely N-dealkylation sites (tertiary alicyclic amines) is 1. The maximum absolute atomic E-state index is 6.11. The zero-order chi connectivity index (χ0) is 15.1. The molecule has 1 fully saturated rings. The molecule has 1 aliphatic rings. The van der Waals surface area contributed by atoms with Crippen LogP contribution in [-0.4, -0.2) is 37.7 Å². The van der Waals surface area contributed by atoms with Gasteiger partial charge in [-0.25, -0.2) is 0 Å². The lowest BCUT2D eigenvalue weighted by molar-refractivity contribution is 0.231. The second-order valence-corrected chi connectivity index (χ2v) is 5.97. The minimum atomic E-state index is 0.389. The second kappa shape index (κ2) is 8.40. The van der Waals surface area contributed by atoms with Gasteiger partial charge in [0.15, 0.2) is 0 Å². The summed E-state index contributed by atoms with van der Waals surface area (Å²) in [6.45, 7) is 7.41. The first-order valence-electron chi connectivity index (χ1n) is 8.41. The van der Waals surface area contributed by atoms with Crippen molar-refractivity contribution in [3.8, 4) is 5.75 Å². The third kappa shape index (κ3) is 4.45. The van der Waals surface area contributed by atoms with Crippen molar-refractivity contribution in [3.05, 3.63) is 29.8 Å². The van der Waals surface area contributed by atoms with Crippen molar-refractivity contribution in [3.63, 3.8) is 0 Å². The van der Waals surface area contributed by atoms with Crippen LogP contribution in [0.4, 0.5) is 0 Å². The molecule has 1 heterocycles. The number of ether oxygens (including phenoxy) is 1. The first kappa shape index (κ1) is 16.3. The van der Waals surface area contributed by atoms with E-state index in [9.17, 15) is 0 Å². The summed E-state index contributed by atoms with van der Waals surface area (Å²) in [7, 11) is 2.23. The Kier molecular flexibility index (Phi) is 6.52. The Balaban J connectivity index is 1.93. The van der Waals surface area contributed by atoms with Crippen LogP contribution >= 0.6 is 0 Å². The molecule has 0 saturated carbocycles. The topological polar surface area (TPSA) is 24.5 Å². The maximum atomic E-state index is 6.11. The molecule has 1 N–H and O–H groups in total. The van der Waals surface area contributed by atoms with Crippen molar-refractivity contribution in [2.45, 2.75) is 51.6 Å². The summed E-state index contributed by atoms with van der Waals surface area (Å²) < 4.78 is 6.11. The minimum absolute atomic E-state index is 0.389. The smallest absolute Gasteiger partial charge is 0.124 e. The third-order valence-corrected chi connectivity index (χ3v) is 4.53. The van der Waals surface area contributed by atoms with Crippen molar-refractivity contribution in [2.24, 2.45) is 0 Å². The zero-order valence-electron chi connectivity index (χ0n) is 13.8. The van der Waals surface area contributed by atoms with Crippen LogP contribution in [0, 0.1) is 0 Å². The molecular weight excluding hydrogens is 260 g/mol. The van der Waals surface area contributed by atoms with Crippen molar-refractivity contribution in [2.75, 3.05) is 26.7 Å². The van der Waals surface area contributed by atoms with E-state index in [-0.39, 0.29) is 0 Å². The molecule has 0 radical (unpaired) electrons. The monoisotopic (exact) mass is 290 g/mol. The second-order valence-electron chi connectivity index (χ2n) is 5.97. The van der Waals surface area contributed by atoms with Gasteiger partial charge in [0.2, 0.25) is 0 Å². The summed E-state index contributed by atoms with van der Waals surface area (Å²) in [6.07, 6.45) is 4.86. The molecule has 0 spiro atoms. The quantitative estimate of drug-likeness (QED) is 0.791. The van der Waals surface area contributed by atoms with E-state index in [0.29, 0.717) is 12.1 Å². The number of nitrogens with zero attached hydrogens (tertiary/aromatic N) is 1. The fourth-order valence-corrected chi connectivity index (χ4v) is 3.27. The summed E-state index contributed by atoms with van der Waals surface area (Å²) in [5.74, 6) is 1.05. The Morgan fingerprint density at radius 2 is 2.14 bits per heavy atom. The van der Waals surface area contributed by atoms with E-state index in [0.717, 1.165) is 31.7 Å². The molecule has 2 atom stereocenters. The lowest BCUT2D eigenvalue weighted by atomic mass is 10.0. The van der Waals surface area contributed by atoms with E-state index >= 15 is 0 Å². The zero-order valence-corrected chi connectivity index (χ0v) is 13.8. The molecule has 1 saturated heterocycles. The molecule has 1 aliphatic heterocycles. The lowest BCUT2D eigenvalue weighted by Crippen LogP contribution is -2.26. The maximum Gasteiger partial charge on any atom is 0.124 e. The average molecular weight is 290 g/mol. The van der Waals surface area contributed by atoms with Crippen molar-refractivity contribution < 1.29 is 4.74 Å². The summed E-state index contributed by atoms with van der Waals surface area (Å²) in [5.41, 5.74) is 1.29. The number of rotatable bonds is 8. The molecule has 118 valence electrons. The Labute approximate surface area is 129 Å². The molecule has 1 aromatic rings. The molecule has 1 aromatic carbocycles. The number of benzene rings is 1. The van der Waals surface area contributed by atoms with Gasteiger partial charge in [0, 0.05) is 17.6 Å². The fourth-order valence-electron chi connectivity index (χ4n) is 3.27. The molecule has 2 unspecified atom stereocenters. The predicted octanol–water partition coefficient (Wildman–Crippen LogP) is 3.61. The predicted molar refractivity (Wildman–Crippen MR) is 88.9 cm³/mol. The van der Waals surface area contributed by atoms with E-state index < -0.39 is 0 Å². The molecule has 21 heavy (non-hydrogen) atoms. The molecule has 0 aromatic heterocycles. The highest BCUT2D eigenvalue weighted by molar-refractivity contribution is 5.35. The first-order chi connectivity index (χ1) is 10.3. The largest absolute Gasteiger partial charge is 0.493 e.